The van der Waals surface area contributed by atoms with E-state index in [1.165, 1.54) is 20.3 Å². The van der Waals surface area contributed by atoms with Crippen molar-refractivity contribution in [1.29, 1.82) is 10.5 Å². The highest BCUT2D eigenvalue weighted by Crippen LogP contribution is 2.30. The van der Waals surface area contributed by atoms with E-state index in [9.17, 15) is 20.6 Å². The molecule has 0 saturated carbocycles. The molecule has 0 radical (unpaired) electrons. The third-order valence-corrected chi connectivity index (χ3v) is 4.24. The predicted octanol–water partition coefficient (Wildman–Crippen LogP) is 2.71. The molecule has 0 fully saturated rings. The summed E-state index contributed by atoms with van der Waals surface area (Å²) in [5, 5.41) is 30.0. The second-order valence-corrected chi connectivity index (χ2v) is 6.23. The van der Waals surface area contributed by atoms with Gasteiger partial charge in [-0.2, -0.15) is 10.5 Å². The molecular formula is C20H20N4O4. The average molecular weight is 380 g/mol. The molecule has 2 N–H and O–H groups in total. The first kappa shape index (κ1) is 21.0. The molecule has 2 atom stereocenters. The van der Waals surface area contributed by atoms with Gasteiger partial charge in [0.25, 0.3) is 6.04 Å². The fourth-order valence-corrected chi connectivity index (χ4v) is 2.89. The summed E-state index contributed by atoms with van der Waals surface area (Å²) in [5.41, 5.74) is 9.10. The Hall–Kier alpha value is -3.30. The lowest BCUT2D eigenvalue weighted by Crippen LogP contribution is -2.19. The van der Waals surface area contributed by atoms with Crippen LogP contribution in [-0.2, 0) is 9.47 Å². The van der Waals surface area contributed by atoms with Gasteiger partial charge in [-0.3, -0.25) is 10.1 Å². The number of hydrogen-bond acceptors (Lipinski definition) is 7. The van der Waals surface area contributed by atoms with Crippen LogP contribution in [-0.4, -0.2) is 32.4 Å². The molecule has 2 aromatic rings. The van der Waals surface area contributed by atoms with Gasteiger partial charge in [0.15, 0.2) is 0 Å². The first-order valence-corrected chi connectivity index (χ1v) is 8.41. The van der Waals surface area contributed by atoms with Crippen molar-refractivity contribution in [1.82, 2.24) is 0 Å². The molecule has 28 heavy (non-hydrogen) atoms. The van der Waals surface area contributed by atoms with Gasteiger partial charge in [0.2, 0.25) is 0 Å². The van der Waals surface area contributed by atoms with E-state index < -0.39 is 17.0 Å². The van der Waals surface area contributed by atoms with Crippen molar-refractivity contribution in [2.45, 2.75) is 12.1 Å². The molecule has 0 aromatic heterocycles. The number of hydrogen-bond donors (Lipinski definition) is 1. The zero-order valence-electron chi connectivity index (χ0n) is 15.6. The minimum Gasteiger partial charge on any atom is -0.383 e. The van der Waals surface area contributed by atoms with Crippen LogP contribution < -0.4 is 5.73 Å². The quantitative estimate of drug-likeness (QED) is 0.549. The standard InChI is InChI=1S/C20H20N4O4/c1-27-11-19(23)17-6-16(7-18(8-17)20(12-28-2)24(25)26)15-4-13(9-21)3-14(5-15)10-22/h3-8,19-20H,11-12,23H2,1-2H3. The average Bonchev–Trinajstić information content (AvgIpc) is 2.71. The molecule has 0 amide bonds. The Morgan fingerprint density at radius 2 is 1.50 bits per heavy atom. The number of ether oxygens (including phenoxy) is 2. The summed E-state index contributed by atoms with van der Waals surface area (Å²) in [4.78, 5) is 11.1. The highest BCUT2D eigenvalue weighted by atomic mass is 16.6. The third-order valence-electron chi connectivity index (χ3n) is 4.24. The highest BCUT2D eigenvalue weighted by Gasteiger charge is 2.25. The number of nitro groups is 1. The van der Waals surface area contributed by atoms with E-state index in [1.54, 1.807) is 30.3 Å². The Morgan fingerprint density at radius 3 is 2.00 bits per heavy atom. The van der Waals surface area contributed by atoms with Crippen molar-refractivity contribution in [3.8, 4) is 23.3 Å². The number of methoxy groups -OCH3 is 2. The van der Waals surface area contributed by atoms with Crippen LogP contribution in [0.5, 0.6) is 0 Å². The highest BCUT2D eigenvalue weighted by molar-refractivity contribution is 5.69. The number of nitriles is 2. The maximum absolute atomic E-state index is 11.5. The predicted molar refractivity (Wildman–Crippen MR) is 102 cm³/mol. The van der Waals surface area contributed by atoms with E-state index >= 15 is 0 Å². The van der Waals surface area contributed by atoms with Crippen molar-refractivity contribution in [2.24, 2.45) is 5.73 Å². The van der Waals surface area contributed by atoms with Crippen LogP contribution in [0.3, 0.4) is 0 Å². The van der Waals surface area contributed by atoms with Crippen LogP contribution in [0.2, 0.25) is 0 Å². The summed E-state index contributed by atoms with van der Waals surface area (Å²) in [7, 11) is 2.92. The van der Waals surface area contributed by atoms with E-state index in [4.69, 9.17) is 15.2 Å². The summed E-state index contributed by atoms with van der Waals surface area (Å²) in [6.07, 6.45) is 0. The van der Waals surface area contributed by atoms with E-state index in [0.29, 0.717) is 33.4 Å². The monoisotopic (exact) mass is 380 g/mol. The lowest BCUT2D eigenvalue weighted by molar-refractivity contribution is -0.532. The van der Waals surface area contributed by atoms with Crippen molar-refractivity contribution in [3.05, 3.63) is 68.8 Å². The molecule has 144 valence electrons. The zero-order valence-corrected chi connectivity index (χ0v) is 15.6. The largest absolute Gasteiger partial charge is 0.383 e. The maximum atomic E-state index is 11.5. The molecule has 0 aliphatic carbocycles. The van der Waals surface area contributed by atoms with Crippen LogP contribution >= 0.6 is 0 Å². The fourth-order valence-electron chi connectivity index (χ4n) is 2.89. The molecule has 2 rings (SSSR count). The summed E-state index contributed by atoms with van der Waals surface area (Å²) in [6.45, 7) is 0.134. The van der Waals surface area contributed by atoms with Gasteiger partial charge in [-0.1, -0.05) is 0 Å². The molecule has 0 aliphatic rings. The first-order chi connectivity index (χ1) is 13.4. The second-order valence-electron chi connectivity index (χ2n) is 6.23. The van der Waals surface area contributed by atoms with Gasteiger partial charge in [-0.05, 0) is 53.1 Å². The zero-order chi connectivity index (χ0) is 20.7. The second kappa shape index (κ2) is 9.58. The van der Waals surface area contributed by atoms with E-state index in [2.05, 4.69) is 0 Å². The van der Waals surface area contributed by atoms with E-state index in [1.807, 2.05) is 12.1 Å². The number of rotatable bonds is 8. The molecule has 0 heterocycles. The lowest BCUT2D eigenvalue weighted by Gasteiger charge is -2.17. The number of nitrogens with two attached hydrogens (primary N) is 1. The third kappa shape index (κ3) is 4.90. The fraction of sp³-hybridized carbons (Fsp3) is 0.300. The SMILES string of the molecule is COCC(N)c1cc(-c2cc(C#N)cc(C#N)c2)cc(C(COC)[N+](=O)[O-])c1. The smallest absolute Gasteiger partial charge is 0.261 e. The topological polar surface area (TPSA) is 135 Å². The Kier molecular flexibility index (Phi) is 7.19. The lowest BCUT2D eigenvalue weighted by atomic mass is 9.93. The molecule has 8 heteroatoms. The summed E-state index contributed by atoms with van der Waals surface area (Å²) in [5.74, 6) is 0. The Balaban J connectivity index is 2.68. The van der Waals surface area contributed by atoms with Gasteiger partial charge in [0.05, 0.1) is 35.9 Å². The van der Waals surface area contributed by atoms with Crippen LogP contribution in [0.25, 0.3) is 11.1 Å². The van der Waals surface area contributed by atoms with Crippen LogP contribution in [0.1, 0.15) is 34.3 Å². The molecule has 0 saturated heterocycles. The molecular weight excluding hydrogens is 360 g/mol. The Bertz CT molecular complexity index is 914. The first-order valence-electron chi connectivity index (χ1n) is 8.41. The van der Waals surface area contributed by atoms with Gasteiger partial charge in [0.1, 0.15) is 6.61 Å². The van der Waals surface area contributed by atoms with Gasteiger partial charge in [-0.15, -0.1) is 0 Å². The number of nitrogens with zero attached hydrogens (tertiary/aromatic N) is 3. The summed E-state index contributed by atoms with van der Waals surface area (Å²) in [6, 6.07) is 12.3. The number of benzene rings is 2. The molecule has 0 bridgehead atoms. The van der Waals surface area contributed by atoms with Gasteiger partial charge in [0, 0.05) is 24.7 Å². The summed E-state index contributed by atoms with van der Waals surface area (Å²) < 4.78 is 10.1. The normalized spacial score (nSPS) is 12.6. The van der Waals surface area contributed by atoms with Crippen molar-refractivity contribution < 1.29 is 14.4 Å². The van der Waals surface area contributed by atoms with Crippen molar-refractivity contribution in [2.75, 3.05) is 27.4 Å². The Morgan fingerprint density at radius 1 is 0.964 bits per heavy atom. The minimum atomic E-state index is -1.08. The summed E-state index contributed by atoms with van der Waals surface area (Å²) >= 11 is 0. The molecule has 2 unspecified atom stereocenters. The maximum Gasteiger partial charge on any atom is 0.261 e. The van der Waals surface area contributed by atoms with Crippen molar-refractivity contribution in [3.63, 3.8) is 0 Å². The van der Waals surface area contributed by atoms with Crippen LogP contribution in [0, 0.1) is 32.8 Å². The molecule has 2 aromatic carbocycles. The van der Waals surface area contributed by atoms with Gasteiger partial charge < -0.3 is 15.2 Å². The molecule has 8 nitrogen and oxygen atoms in total. The van der Waals surface area contributed by atoms with Crippen LogP contribution in [0.4, 0.5) is 0 Å². The minimum absolute atomic E-state index is 0.100. The van der Waals surface area contributed by atoms with Gasteiger partial charge >= 0.3 is 0 Å². The molecule has 0 spiro atoms. The van der Waals surface area contributed by atoms with Gasteiger partial charge in [-0.25, -0.2) is 0 Å². The molecule has 0 aliphatic heterocycles. The van der Waals surface area contributed by atoms with E-state index in [0.717, 1.165) is 0 Å². The van der Waals surface area contributed by atoms with E-state index in [-0.39, 0.29) is 13.2 Å². The van der Waals surface area contributed by atoms with Crippen LogP contribution in [0.15, 0.2) is 36.4 Å². The van der Waals surface area contributed by atoms with Crippen molar-refractivity contribution >= 4 is 0 Å². The Labute approximate surface area is 162 Å².